The number of rotatable bonds is 6. The Labute approximate surface area is 146 Å². The van der Waals surface area contributed by atoms with Crippen molar-refractivity contribution in [1.82, 2.24) is 9.78 Å². The normalized spacial score (nSPS) is 11.0. The van der Waals surface area contributed by atoms with Gasteiger partial charge in [-0.1, -0.05) is 54.6 Å². The van der Waals surface area contributed by atoms with Crippen LogP contribution in [0.15, 0.2) is 73.1 Å². The summed E-state index contributed by atoms with van der Waals surface area (Å²) < 4.78 is 1.76. The van der Waals surface area contributed by atoms with E-state index in [9.17, 15) is 4.79 Å². The van der Waals surface area contributed by atoms with Crippen LogP contribution in [0, 0.1) is 0 Å². The summed E-state index contributed by atoms with van der Waals surface area (Å²) in [6.45, 7) is 0.657. The summed E-state index contributed by atoms with van der Waals surface area (Å²) in [5, 5.41) is 4.17. The van der Waals surface area contributed by atoms with Crippen LogP contribution in [-0.4, -0.2) is 21.4 Å². The topological polar surface area (TPSA) is 34.9 Å². The molecule has 0 bridgehead atoms. The lowest BCUT2D eigenvalue weighted by molar-refractivity contribution is 0.104. The molecule has 0 aliphatic carbocycles. The van der Waals surface area contributed by atoms with Gasteiger partial charge < -0.3 is 0 Å². The van der Waals surface area contributed by atoms with Crippen LogP contribution < -0.4 is 0 Å². The summed E-state index contributed by atoms with van der Waals surface area (Å²) >= 11 is 5.68. The highest BCUT2D eigenvalue weighted by atomic mass is 35.5. The van der Waals surface area contributed by atoms with Gasteiger partial charge in [0.2, 0.25) is 0 Å². The summed E-state index contributed by atoms with van der Waals surface area (Å²) in [4.78, 5) is 12.3. The number of carbonyl (C=O) groups is 1. The first-order valence-electron chi connectivity index (χ1n) is 7.72. The molecule has 24 heavy (non-hydrogen) atoms. The van der Waals surface area contributed by atoms with Gasteiger partial charge in [-0.15, -0.1) is 11.6 Å². The van der Waals surface area contributed by atoms with Crippen molar-refractivity contribution < 1.29 is 4.79 Å². The van der Waals surface area contributed by atoms with E-state index in [1.54, 1.807) is 23.0 Å². The Morgan fingerprint density at radius 1 is 1.04 bits per heavy atom. The van der Waals surface area contributed by atoms with E-state index >= 15 is 0 Å². The van der Waals surface area contributed by atoms with Gasteiger partial charge in [0.05, 0.1) is 12.7 Å². The predicted octanol–water partition coefficient (Wildman–Crippen LogP) is 4.69. The molecule has 0 N–H and O–H groups in total. The largest absolute Gasteiger partial charge is 0.289 e. The predicted molar refractivity (Wildman–Crippen MR) is 98.2 cm³/mol. The van der Waals surface area contributed by atoms with Gasteiger partial charge in [0.15, 0.2) is 5.78 Å². The third kappa shape index (κ3) is 4.00. The monoisotopic (exact) mass is 336 g/mol. The molecule has 0 aliphatic heterocycles. The molecule has 0 atom stereocenters. The van der Waals surface area contributed by atoms with Gasteiger partial charge in [-0.2, -0.15) is 5.10 Å². The number of carbonyl (C=O) groups excluding carboxylic acids is 1. The summed E-state index contributed by atoms with van der Waals surface area (Å²) in [6.07, 6.45) is 6.92. The molecule has 0 radical (unpaired) electrons. The number of nitrogens with zero attached hydrogens (tertiary/aromatic N) is 2. The van der Waals surface area contributed by atoms with Crippen molar-refractivity contribution in [2.24, 2.45) is 0 Å². The van der Waals surface area contributed by atoms with Crippen molar-refractivity contribution in [3.63, 3.8) is 0 Å². The maximum absolute atomic E-state index is 12.3. The molecule has 3 rings (SSSR count). The van der Waals surface area contributed by atoms with E-state index in [2.05, 4.69) is 17.2 Å². The smallest absolute Gasteiger partial charge is 0.185 e. The highest BCUT2D eigenvalue weighted by Gasteiger charge is 2.03. The third-order valence-electron chi connectivity index (χ3n) is 3.67. The van der Waals surface area contributed by atoms with Crippen LogP contribution in [0.25, 0.3) is 17.2 Å². The zero-order valence-corrected chi connectivity index (χ0v) is 13.9. The second-order valence-electron chi connectivity index (χ2n) is 5.37. The molecule has 0 saturated heterocycles. The summed E-state index contributed by atoms with van der Waals surface area (Å²) in [6, 6.07) is 17.7. The number of halogens is 1. The van der Waals surface area contributed by atoms with Crippen LogP contribution in [0.2, 0.25) is 0 Å². The Morgan fingerprint density at radius 3 is 2.46 bits per heavy atom. The van der Waals surface area contributed by atoms with Crippen LogP contribution >= 0.6 is 11.6 Å². The number of benzene rings is 2. The Hall–Kier alpha value is -2.65. The number of alkyl halides is 1. The highest BCUT2D eigenvalue weighted by molar-refractivity contribution is 6.17. The molecule has 0 spiro atoms. The molecule has 0 fully saturated rings. The minimum absolute atomic E-state index is 0.0281. The summed E-state index contributed by atoms with van der Waals surface area (Å²) in [7, 11) is 0. The van der Waals surface area contributed by atoms with Gasteiger partial charge >= 0.3 is 0 Å². The third-order valence-corrected chi connectivity index (χ3v) is 3.84. The Kier molecular flexibility index (Phi) is 5.24. The van der Waals surface area contributed by atoms with E-state index in [4.69, 9.17) is 11.6 Å². The van der Waals surface area contributed by atoms with Gasteiger partial charge in [-0.25, -0.2) is 0 Å². The number of allylic oxidation sites excluding steroid dienone is 1. The fraction of sp³-hybridized carbons (Fsp3) is 0.100. The van der Waals surface area contributed by atoms with Crippen molar-refractivity contribution in [2.75, 3.05) is 5.88 Å². The average Bonchev–Trinajstić information content (AvgIpc) is 3.08. The number of aromatic nitrogens is 2. The maximum atomic E-state index is 12.3. The SMILES string of the molecule is O=C(/C=C/c1cnn(CCCl)c1)c1ccc(-c2ccccc2)cc1. The lowest BCUT2D eigenvalue weighted by atomic mass is 10.0. The lowest BCUT2D eigenvalue weighted by Gasteiger charge is -2.02. The first kappa shape index (κ1) is 16.2. The molecule has 0 saturated carbocycles. The van der Waals surface area contributed by atoms with Crippen LogP contribution in [-0.2, 0) is 6.54 Å². The molecular formula is C20H17ClN2O. The van der Waals surface area contributed by atoms with Gasteiger partial charge in [0, 0.05) is 23.2 Å². The van der Waals surface area contributed by atoms with Crippen molar-refractivity contribution >= 4 is 23.5 Å². The Morgan fingerprint density at radius 2 is 1.75 bits per heavy atom. The molecule has 4 heteroatoms. The molecule has 0 unspecified atom stereocenters. The van der Waals surface area contributed by atoms with E-state index in [1.165, 1.54) is 0 Å². The van der Waals surface area contributed by atoms with Crippen LogP contribution in [0.4, 0.5) is 0 Å². The number of ketones is 1. The van der Waals surface area contributed by atoms with E-state index in [1.807, 2.05) is 48.7 Å². The fourth-order valence-electron chi connectivity index (χ4n) is 2.40. The molecule has 0 aliphatic rings. The second-order valence-corrected chi connectivity index (χ2v) is 5.74. The number of hydrogen-bond donors (Lipinski definition) is 0. The summed E-state index contributed by atoms with van der Waals surface area (Å²) in [5.41, 5.74) is 3.78. The van der Waals surface area contributed by atoms with Crippen molar-refractivity contribution in [1.29, 1.82) is 0 Å². The van der Waals surface area contributed by atoms with Crippen LogP contribution in [0.3, 0.4) is 0 Å². The quantitative estimate of drug-likeness (QED) is 0.372. The van der Waals surface area contributed by atoms with Gasteiger partial charge in [0.1, 0.15) is 0 Å². The molecular weight excluding hydrogens is 320 g/mol. The zero-order valence-electron chi connectivity index (χ0n) is 13.1. The minimum Gasteiger partial charge on any atom is -0.289 e. The zero-order chi connectivity index (χ0) is 16.8. The molecule has 3 aromatic rings. The molecule has 1 aromatic heterocycles. The average molecular weight is 337 g/mol. The summed E-state index contributed by atoms with van der Waals surface area (Å²) in [5.74, 6) is 0.483. The van der Waals surface area contributed by atoms with E-state index in [0.29, 0.717) is 18.0 Å². The fourth-order valence-corrected chi connectivity index (χ4v) is 2.57. The van der Waals surface area contributed by atoms with Gasteiger partial charge in [-0.05, 0) is 23.3 Å². The van der Waals surface area contributed by atoms with Crippen molar-refractivity contribution in [3.8, 4) is 11.1 Å². The Balaban J connectivity index is 1.69. The Bertz CT molecular complexity index is 836. The molecule has 0 amide bonds. The number of hydrogen-bond acceptors (Lipinski definition) is 2. The van der Waals surface area contributed by atoms with E-state index in [-0.39, 0.29) is 5.78 Å². The van der Waals surface area contributed by atoms with E-state index < -0.39 is 0 Å². The van der Waals surface area contributed by atoms with E-state index in [0.717, 1.165) is 16.7 Å². The number of aryl methyl sites for hydroxylation is 1. The van der Waals surface area contributed by atoms with Crippen molar-refractivity contribution in [3.05, 3.63) is 84.2 Å². The van der Waals surface area contributed by atoms with Gasteiger partial charge in [0.25, 0.3) is 0 Å². The second kappa shape index (κ2) is 7.75. The van der Waals surface area contributed by atoms with Crippen LogP contribution in [0.5, 0.6) is 0 Å². The molecule has 1 heterocycles. The minimum atomic E-state index is -0.0281. The molecule has 3 nitrogen and oxygen atoms in total. The standard InChI is InChI=1S/C20H17ClN2O/c21-12-13-23-15-16(14-22-23)6-11-20(24)19-9-7-18(8-10-19)17-4-2-1-3-5-17/h1-11,14-15H,12-13H2/b11-6+. The molecule has 2 aromatic carbocycles. The highest BCUT2D eigenvalue weighted by Crippen LogP contribution is 2.19. The first-order valence-corrected chi connectivity index (χ1v) is 8.26. The maximum Gasteiger partial charge on any atom is 0.185 e. The van der Waals surface area contributed by atoms with Crippen LogP contribution in [0.1, 0.15) is 15.9 Å². The molecule has 120 valence electrons. The lowest BCUT2D eigenvalue weighted by Crippen LogP contribution is -1.98. The van der Waals surface area contributed by atoms with Crippen molar-refractivity contribution in [2.45, 2.75) is 6.54 Å². The first-order chi connectivity index (χ1) is 11.8. The van der Waals surface area contributed by atoms with Gasteiger partial charge in [-0.3, -0.25) is 9.48 Å².